The third-order valence-corrected chi connectivity index (χ3v) is 3.58. The molecular weight excluding hydrogens is 292 g/mol. The van der Waals surface area contributed by atoms with Crippen LogP contribution in [-0.2, 0) is 4.79 Å². The summed E-state index contributed by atoms with van der Waals surface area (Å²) in [4.78, 5) is 23.3. The van der Waals surface area contributed by atoms with Gasteiger partial charge in [0, 0.05) is 6.04 Å². The molecule has 0 radical (unpaired) electrons. The molecule has 3 amide bonds. The summed E-state index contributed by atoms with van der Waals surface area (Å²) in [6.07, 6.45) is 5.20. The molecule has 2 rings (SSSR count). The average molecular weight is 311 g/mol. The number of carbonyl (C=O) groups excluding carboxylic acids is 2. The van der Waals surface area contributed by atoms with E-state index in [2.05, 4.69) is 16.0 Å². The number of rotatable bonds is 4. The third-order valence-electron chi connectivity index (χ3n) is 3.58. The van der Waals surface area contributed by atoms with Crippen LogP contribution >= 0.6 is 0 Å². The van der Waals surface area contributed by atoms with Gasteiger partial charge in [-0.25, -0.2) is 13.6 Å². The van der Waals surface area contributed by atoms with Gasteiger partial charge in [0.1, 0.15) is 17.3 Å². The molecule has 7 heteroatoms. The van der Waals surface area contributed by atoms with Gasteiger partial charge in [0.15, 0.2) is 0 Å². The van der Waals surface area contributed by atoms with E-state index in [0.717, 1.165) is 37.8 Å². The van der Waals surface area contributed by atoms with Crippen molar-refractivity contribution in [2.75, 3.05) is 11.9 Å². The van der Waals surface area contributed by atoms with E-state index in [-0.39, 0.29) is 12.6 Å². The SMILES string of the molecule is O=C(CNC(=O)NC1CCCCC1)Nc1c(F)cccc1F. The van der Waals surface area contributed by atoms with Crippen LogP contribution < -0.4 is 16.0 Å². The summed E-state index contributed by atoms with van der Waals surface area (Å²) in [6.45, 7) is -0.355. The van der Waals surface area contributed by atoms with Gasteiger partial charge in [-0.15, -0.1) is 0 Å². The Labute approximate surface area is 127 Å². The number of para-hydroxylation sites is 1. The quantitative estimate of drug-likeness (QED) is 0.799. The van der Waals surface area contributed by atoms with Crippen LogP contribution in [0.3, 0.4) is 0 Å². The van der Waals surface area contributed by atoms with Gasteiger partial charge >= 0.3 is 6.03 Å². The maximum absolute atomic E-state index is 13.4. The maximum Gasteiger partial charge on any atom is 0.315 e. The van der Waals surface area contributed by atoms with Gasteiger partial charge in [-0.3, -0.25) is 4.79 Å². The highest BCUT2D eigenvalue weighted by Gasteiger charge is 2.16. The van der Waals surface area contributed by atoms with Crippen molar-refractivity contribution >= 4 is 17.6 Å². The molecule has 3 N–H and O–H groups in total. The van der Waals surface area contributed by atoms with Gasteiger partial charge in [-0.05, 0) is 25.0 Å². The van der Waals surface area contributed by atoms with Gasteiger partial charge in [0.25, 0.3) is 0 Å². The molecule has 0 unspecified atom stereocenters. The van der Waals surface area contributed by atoms with Crippen LogP contribution in [0.1, 0.15) is 32.1 Å². The molecule has 0 saturated heterocycles. The zero-order valence-corrected chi connectivity index (χ0v) is 12.1. The van der Waals surface area contributed by atoms with Gasteiger partial charge in [-0.1, -0.05) is 25.3 Å². The first kappa shape index (κ1) is 16.2. The molecule has 1 aromatic rings. The molecule has 0 aromatic heterocycles. The highest BCUT2D eigenvalue weighted by molar-refractivity contribution is 5.94. The van der Waals surface area contributed by atoms with Crippen molar-refractivity contribution in [2.45, 2.75) is 38.1 Å². The summed E-state index contributed by atoms with van der Waals surface area (Å²) < 4.78 is 26.7. The Morgan fingerprint density at radius 3 is 2.36 bits per heavy atom. The monoisotopic (exact) mass is 311 g/mol. The number of halogens is 2. The average Bonchev–Trinajstić information content (AvgIpc) is 2.50. The first-order valence-electron chi connectivity index (χ1n) is 7.34. The minimum atomic E-state index is -0.861. The molecule has 120 valence electrons. The number of hydrogen-bond donors (Lipinski definition) is 3. The standard InChI is InChI=1S/C15H19F2N3O2/c16-11-7-4-8-12(17)14(11)20-13(21)9-18-15(22)19-10-5-2-1-3-6-10/h4,7-8,10H,1-3,5-6,9H2,(H,20,21)(H2,18,19,22). The lowest BCUT2D eigenvalue weighted by atomic mass is 9.96. The smallest absolute Gasteiger partial charge is 0.315 e. The summed E-state index contributed by atoms with van der Waals surface area (Å²) in [7, 11) is 0. The number of amides is 3. The molecule has 0 aliphatic heterocycles. The van der Waals surface area contributed by atoms with Crippen molar-refractivity contribution < 1.29 is 18.4 Å². The third kappa shape index (κ3) is 4.68. The molecule has 1 aromatic carbocycles. The summed E-state index contributed by atoms with van der Waals surface area (Å²) >= 11 is 0. The molecule has 0 atom stereocenters. The highest BCUT2D eigenvalue weighted by atomic mass is 19.1. The van der Waals surface area contributed by atoms with E-state index in [1.165, 1.54) is 12.5 Å². The Hall–Kier alpha value is -2.18. The van der Waals surface area contributed by atoms with E-state index in [9.17, 15) is 18.4 Å². The lowest BCUT2D eigenvalue weighted by molar-refractivity contribution is -0.115. The van der Waals surface area contributed by atoms with Crippen LogP contribution in [0.25, 0.3) is 0 Å². The number of hydrogen-bond acceptors (Lipinski definition) is 2. The molecule has 1 aliphatic carbocycles. The van der Waals surface area contributed by atoms with Crippen LogP contribution in [0.2, 0.25) is 0 Å². The Balaban J connectivity index is 1.76. The van der Waals surface area contributed by atoms with Crippen LogP contribution in [-0.4, -0.2) is 24.5 Å². The topological polar surface area (TPSA) is 70.2 Å². The fraction of sp³-hybridized carbons (Fsp3) is 0.467. The van der Waals surface area contributed by atoms with E-state index in [1.54, 1.807) is 0 Å². The fourth-order valence-electron chi connectivity index (χ4n) is 2.44. The van der Waals surface area contributed by atoms with Crippen LogP contribution in [0, 0.1) is 11.6 Å². The predicted molar refractivity (Wildman–Crippen MR) is 78.4 cm³/mol. The summed E-state index contributed by atoms with van der Waals surface area (Å²) in [5, 5.41) is 7.27. The summed E-state index contributed by atoms with van der Waals surface area (Å²) in [6, 6.07) is 2.97. The number of nitrogens with one attached hydrogen (secondary N) is 3. The number of benzene rings is 1. The maximum atomic E-state index is 13.4. The van der Waals surface area contributed by atoms with Crippen LogP contribution in [0.5, 0.6) is 0 Å². The van der Waals surface area contributed by atoms with E-state index in [1.807, 2.05) is 0 Å². The van der Waals surface area contributed by atoms with Gasteiger partial charge in [-0.2, -0.15) is 0 Å². The largest absolute Gasteiger partial charge is 0.335 e. The molecule has 22 heavy (non-hydrogen) atoms. The first-order valence-corrected chi connectivity index (χ1v) is 7.34. The van der Waals surface area contributed by atoms with Gasteiger partial charge < -0.3 is 16.0 Å². The van der Waals surface area contributed by atoms with Crippen LogP contribution in [0.15, 0.2) is 18.2 Å². The minimum Gasteiger partial charge on any atom is -0.335 e. The second kappa shape index (κ2) is 7.72. The van der Waals surface area contributed by atoms with Crippen molar-refractivity contribution in [3.05, 3.63) is 29.8 Å². The van der Waals surface area contributed by atoms with Crippen molar-refractivity contribution in [3.8, 4) is 0 Å². The Kier molecular flexibility index (Phi) is 5.68. The van der Waals surface area contributed by atoms with E-state index >= 15 is 0 Å². The van der Waals surface area contributed by atoms with E-state index < -0.39 is 29.3 Å². The highest BCUT2D eigenvalue weighted by Crippen LogP contribution is 2.18. The predicted octanol–water partition coefficient (Wildman–Crippen LogP) is 2.54. The zero-order chi connectivity index (χ0) is 15.9. The van der Waals surface area contributed by atoms with E-state index in [4.69, 9.17) is 0 Å². The first-order chi connectivity index (χ1) is 10.6. The molecule has 1 fully saturated rings. The fourth-order valence-corrected chi connectivity index (χ4v) is 2.44. The Morgan fingerprint density at radius 1 is 1.09 bits per heavy atom. The van der Waals surface area contributed by atoms with Crippen molar-refractivity contribution in [1.82, 2.24) is 10.6 Å². The minimum absolute atomic E-state index is 0.126. The molecule has 0 heterocycles. The Morgan fingerprint density at radius 2 is 1.73 bits per heavy atom. The summed E-state index contributed by atoms with van der Waals surface area (Å²) in [5.74, 6) is -2.41. The van der Waals surface area contributed by atoms with Crippen molar-refractivity contribution in [2.24, 2.45) is 0 Å². The van der Waals surface area contributed by atoms with Gasteiger partial charge in [0.05, 0.1) is 6.54 Å². The molecule has 0 bridgehead atoms. The lowest BCUT2D eigenvalue weighted by Gasteiger charge is -2.22. The molecule has 0 spiro atoms. The molecular formula is C15H19F2N3O2. The molecule has 1 saturated carbocycles. The second-order valence-corrected chi connectivity index (χ2v) is 5.31. The number of anilines is 1. The van der Waals surface area contributed by atoms with Crippen molar-refractivity contribution in [1.29, 1.82) is 0 Å². The lowest BCUT2D eigenvalue weighted by Crippen LogP contribution is -2.45. The molecule has 5 nitrogen and oxygen atoms in total. The van der Waals surface area contributed by atoms with Gasteiger partial charge in [0.2, 0.25) is 5.91 Å². The normalized spacial score (nSPS) is 15.2. The number of carbonyl (C=O) groups is 2. The van der Waals surface area contributed by atoms with Crippen LogP contribution in [0.4, 0.5) is 19.3 Å². The Bertz CT molecular complexity index is 525. The molecule has 1 aliphatic rings. The van der Waals surface area contributed by atoms with Crippen molar-refractivity contribution in [3.63, 3.8) is 0 Å². The zero-order valence-electron chi connectivity index (χ0n) is 12.1. The second-order valence-electron chi connectivity index (χ2n) is 5.31. The van der Waals surface area contributed by atoms with E-state index in [0.29, 0.717) is 0 Å². The number of urea groups is 1. The summed E-state index contributed by atoms with van der Waals surface area (Å²) in [5.41, 5.74) is -0.512.